The molecule has 1 N–H and O–H groups in total. The second-order valence-corrected chi connectivity index (χ2v) is 5.25. The number of aryl methyl sites for hydroxylation is 1. The molecule has 102 valence electrons. The van der Waals surface area contributed by atoms with Gasteiger partial charge in [-0.15, -0.1) is 0 Å². The van der Waals surface area contributed by atoms with E-state index in [0.717, 1.165) is 24.4 Å². The van der Waals surface area contributed by atoms with Crippen LogP contribution in [0.1, 0.15) is 44.5 Å². The largest absolute Gasteiger partial charge is 0.314 e. The SMILES string of the molecule is CCCNC(C)C(C)c1nnc(C)c2ccccc12. The van der Waals surface area contributed by atoms with E-state index in [1.54, 1.807) is 0 Å². The number of hydrogen-bond donors (Lipinski definition) is 1. The van der Waals surface area contributed by atoms with E-state index in [4.69, 9.17) is 0 Å². The molecule has 1 aromatic carbocycles. The van der Waals surface area contributed by atoms with Crippen LogP contribution in [0.4, 0.5) is 0 Å². The molecule has 0 aliphatic heterocycles. The first-order valence-electron chi connectivity index (χ1n) is 7.10. The molecule has 0 bridgehead atoms. The van der Waals surface area contributed by atoms with Crippen molar-refractivity contribution in [2.24, 2.45) is 0 Å². The molecule has 3 heteroatoms. The molecule has 2 aromatic rings. The van der Waals surface area contributed by atoms with Gasteiger partial charge in [0, 0.05) is 22.7 Å². The summed E-state index contributed by atoms with van der Waals surface area (Å²) >= 11 is 0. The van der Waals surface area contributed by atoms with Crippen LogP contribution in [0.5, 0.6) is 0 Å². The van der Waals surface area contributed by atoms with E-state index in [0.29, 0.717) is 12.0 Å². The number of benzene rings is 1. The summed E-state index contributed by atoms with van der Waals surface area (Å²) < 4.78 is 0. The highest BCUT2D eigenvalue weighted by molar-refractivity contribution is 5.86. The van der Waals surface area contributed by atoms with Crippen LogP contribution < -0.4 is 5.32 Å². The maximum absolute atomic E-state index is 4.45. The zero-order valence-electron chi connectivity index (χ0n) is 12.3. The van der Waals surface area contributed by atoms with Crippen LogP contribution in [-0.2, 0) is 0 Å². The first-order chi connectivity index (χ1) is 9.15. The quantitative estimate of drug-likeness (QED) is 0.891. The van der Waals surface area contributed by atoms with Gasteiger partial charge in [0.05, 0.1) is 11.4 Å². The second-order valence-electron chi connectivity index (χ2n) is 5.25. The zero-order chi connectivity index (χ0) is 13.8. The van der Waals surface area contributed by atoms with E-state index >= 15 is 0 Å². The molecule has 0 saturated heterocycles. The molecule has 0 saturated carbocycles. The molecular weight excluding hydrogens is 234 g/mol. The summed E-state index contributed by atoms with van der Waals surface area (Å²) in [7, 11) is 0. The molecule has 0 spiro atoms. The van der Waals surface area contributed by atoms with Gasteiger partial charge in [-0.2, -0.15) is 10.2 Å². The molecule has 0 aliphatic carbocycles. The topological polar surface area (TPSA) is 37.8 Å². The molecule has 19 heavy (non-hydrogen) atoms. The third-order valence-electron chi connectivity index (χ3n) is 3.80. The fraction of sp³-hybridized carbons (Fsp3) is 0.500. The van der Waals surface area contributed by atoms with Crippen molar-refractivity contribution in [3.05, 3.63) is 35.7 Å². The lowest BCUT2D eigenvalue weighted by atomic mass is 9.95. The summed E-state index contributed by atoms with van der Waals surface area (Å²) in [6.45, 7) is 9.69. The molecule has 1 heterocycles. The van der Waals surface area contributed by atoms with Gasteiger partial charge in [-0.25, -0.2) is 0 Å². The van der Waals surface area contributed by atoms with Gasteiger partial charge in [-0.1, -0.05) is 38.1 Å². The van der Waals surface area contributed by atoms with Crippen LogP contribution in [-0.4, -0.2) is 22.8 Å². The van der Waals surface area contributed by atoms with E-state index in [-0.39, 0.29) is 0 Å². The van der Waals surface area contributed by atoms with Crippen molar-refractivity contribution in [1.82, 2.24) is 15.5 Å². The Labute approximate surface area is 115 Å². The highest BCUT2D eigenvalue weighted by Crippen LogP contribution is 2.26. The number of hydrogen-bond acceptors (Lipinski definition) is 3. The van der Waals surface area contributed by atoms with E-state index < -0.39 is 0 Å². The summed E-state index contributed by atoms with van der Waals surface area (Å²) in [6.07, 6.45) is 1.15. The van der Waals surface area contributed by atoms with Crippen molar-refractivity contribution in [2.75, 3.05) is 6.54 Å². The lowest BCUT2D eigenvalue weighted by Crippen LogP contribution is -2.32. The number of aromatic nitrogens is 2. The average Bonchev–Trinajstić information content (AvgIpc) is 2.45. The van der Waals surface area contributed by atoms with Crippen molar-refractivity contribution in [3.8, 4) is 0 Å². The molecule has 0 radical (unpaired) electrons. The monoisotopic (exact) mass is 257 g/mol. The van der Waals surface area contributed by atoms with Gasteiger partial charge in [-0.05, 0) is 26.8 Å². The van der Waals surface area contributed by atoms with Crippen molar-refractivity contribution in [3.63, 3.8) is 0 Å². The Morgan fingerprint density at radius 2 is 1.79 bits per heavy atom. The third kappa shape index (κ3) is 2.92. The predicted octanol–water partition coefficient (Wildman–Crippen LogP) is 3.43. The molecule has 2 atom stereocenters. The normalized spacial score (nSPS) is 14.5. The second kappa shape index (κ2) is 6.11. The maximum Gasteiger partial charge on any atom is 0.0753 e. The summed E-state index contributed by atoms with van der Waals surface area (Å²) in [5, 5.41) is 14.7. The molecule has 0 aliphatic rings. The van der Waals surface area contributed by atoms with Crippen LogP contribution in [0, 0.1) is 6.92 Å². The minimum absolute atomic E-state index is 0.351. The summed E-state index contributed by atoms with van der Waals surface area (Å²) in [4.78, 5) is 0. The van der Waals surface area contributed by atoms with Gasteiger partial charge in [0.15, 0.2) is 0 Å². The van der Waals surface area contributed by atoms with Crippen molar-refractivity contribution in [2.45, 2.75) is 46.1 Å². The summed E-state index contributed by atoms with van der Waals surface area (Å²) in [5.41, 5.74) is 2.10. The van der Waals surface area contributed by atoms with E-state index in [9.17, 15) is 0 Å². The average molecular weight is 257 g/mol. The van der Waals surface area contributed by atoms with Gasteiger partial charge in [0.25, 0.3) is 0 Å². The summed E-state index contributed by atoms with van der Waals surface area (Å²) in [6, 6.07) is 8.81. The molecule has 1 aromatic heterocycles. The Kier molecular flexibility index (Phi) is 4.48. The minimum atomic E-state index is 0.351. The van der Waals surface area contributed by atoms with Crippen LogP contribution in [0.25, 0.3) is 10.8 Å². The maximum atomic E-state index is 4.45. The standard InChI is InChI=1S/C16H23N3/c1-5-10-17-12(3)11(2)16-15-9-7-6-8-14(15)13(4)18-19-16/h6-9,11-12,17H,5,10H2,1-4H3. The van der Waals surface area contributed by atoms with E-state index in [2.05, 4.69) is 60.6 Å². The Morgan fingerprint density at radius 3 is 2.47 bits per heavy atom. The molecule has 2 rings (SSSR count). The van der Waals surface area contributed by atoms with Gasteiger partial charge in [0.2, 0.25) is 0 Å². The van der Waals surface area contributed by atoms with Crippen LogP contribution in [0.3, 0.4) is 0 Å². The van der Waals surface area contributed by atoms with E-state index in [1.165, 1.54) is 10.8 Å². The van der Waals surface area contributed by atoms with E-state index in [1.807, 2.05) is 6.92 Å². The first-order valence-corrected chi connectivity index (χ1v) is 7.10. The molecule has 0 fully saturated rings. The number of nitrogens with one attached hydrogen (secondary N) is 1. The molecular formula is C16H23N3. The Balaban J connectivity index is 2.37. The van der Waals surface area contributed by atoms with Crippen LogP contribution in [0.2, 0.25) is 0 Å². The lowest BCUT2D eigenvalue weighted by Gasteiger charge is -2.21. The van der Waals surface area contributed by atoms with Crippen molar-refractivity contribution < 1.29 is 0 Å². The van der Waals surface area contributed by atoms with Gasteiger partial charge < -0.3 is 5.32 Å². The molecule has 0 amide bonds. The first kappa shape index (κ1) is 13.9. The van der Waals surface area contributed by atoms with Gasteiger partial charge in [-0.3, -0.25) is 0 Å². The molecule has 2 unspecified atom stereocenters. The lowest BCUT2D eigenvalue weighted by molar-refractivity contribution is 0.474. The summed E-state index contributed by atoms with van der Waals surface area (Å²) in [5.74, 6) is 0.351. The number of rotatable bonds is 5. The fourth-order valence-electron chi connectivity index (χ4n) is 2.38. The zero-order valence-corrected chi connectivity index (χ0v) is 12.3. The van der Waals surface area contributed by atoms with Crippen molar-refractivity contribution in [1.29, 1.82) is 0 Å². The molecule has 3 nitrogen and oxygen atoms in total. The van der Waals surface area contributed by atoms with Gasteiger partial charge in [0.1, 0.15) is 0 Å². The highest BCUT2D eigenvalue weighted by Gasteiger charge is 2.18. The Morgan fingerprint density at radius 1 is 1.11 bits per heavy atom. The smallest absolute Gasteiger partial charge is 0.0753 e. The third-order valence-corrected chi connectivity index (χ3v) is 3.80. The Hall–Kier alpha value is -1.48. The van der Waals surface area contributed by atoms with Crippen LogP contribution in [0.15, 0.2) is 24.3 Å². The minimum Gasteiger partial charge on any atom is -0.314 e. The van der Waals surface area contributed by atoms with Crippen LogP contribution >= 0.6 is 0 Å². The predicted molar refractivity (Wildman–Crippen MR) is 80.4 cm³/mol. The van der Waals surface area contributed by atoms with Gasteiger partial charge >= 0.3 is 0 Å². The Bertz CT molecular complexity index is 551. The fourth-order valence-corrected chi connectivity index (χ4v) is 2.38. The number of fused-ring (bicyclic) bond motifs is 1. The highest BCUT2D eigenvalue weighted by atomic mass is 15.1. The number of nitrogens with zero attached hydrogens (tertiary/aromatic N) is 2. The van der Waals surface area contributed by atoms with Crippen molar-refractivity contribution >= 4 is 10.8 Å².